The number of aryl methyl sites for hydroxylation is 1. The summed E-state index contributed by atoms with van der Waals surface area (Å²) in [5.41, 5.74) is 0. The molecule has 0 aliphatic carbocycles. The molecule has 0 spiro atoms. The van der Waals surface area contributed by atoms with E-state index in [0.717, 1.165) is 25.5 Å². The Balaban J connectivity index is 2.16. The van der Waals surface area contributed by atoms with Gasteiger partial charge in [0.05, 0.1) is 26.4 Å². The van der Waals surface area contributed by atoms with Crippen LogP contribution in [0.2, 0.25) is 0 Å². The van der Waals surface area contributed by atoms with E-state index in [1.807, 2.05) is 11.3 Å². The van der Waals surface area contributed by atoms with Gasteiger partial charge >= 0.3 is 0 Å². The number of nitrogens with one attached hydrogen (secondary N) is 2. The Labute approximate surface area is 125 Å². The Bertz CT molecular complexity index is 394. The molecule has 0 saturated heterocycles. The lowest BCUT2D eigenvalue weighted by Gasteiger charge is -2.11. The summed E-state index contributed by atoms with van der Waals surface area (Å²) >= 11 is 1.84. The lowest BCUT2D eigenvalue weighted by atomic mass is 10.4. The molecule has 0 aliphatic rings. The van der Waals surface area contributed by atoms with E-state index in [1.165, 1.54) is 9.75 Å². The zero-order chi connectivity index (χ0) is 14.6. The maximum Gasteiger partial charge on any atom is 0.191 e. The number of aliphatic imine (C=N–C) groups is 1. The standard InChI is InChI=1S/C14H25N3O2S/c1-4-12-5-6-13(20-12)11-17-14(15-2)16-7-8-19-10-9-18-3/h5-6H,4,7-11H2,1-3H3,(H2,15,16,17). The van der Waals surface area contributed by atoms with E-state index in [2.05, 4.69) is 34.7 Å². The number of hydrogen-bond donors (Lipinski definition) is 2. The number of ether oxygens (including phenoxy) is 2. The summed E-state index contributed by atoms with van der Waals surface area (Å²) < 4.78 is 10.3. The van der Waals surface area contributed by atoms with Gasteiger partial charge in [0.25, 0.3) is 0 Å². The van der Waals surface area contributed by atoms with Gasteiger partial charge in [-0.2, -0.15) is 0 Å². The Morgan fingerprint density at radius 3 is 2.65 bits per heavy atom. The Morgan fingerprint density at radius 2 is 2.00 bits per heavy atom. The smallest absolute Gasteiger partial charge is 0.191 e. The van der Waals surface area contributed by atoms with E-state index in [0.29, 0.717) is 19.8 Å². The van der Waals surface area contributed by atoms with Gasteiger partial charge in [-0.05, 0) is 18.6 Å². The van der Waals surface area contributed by atoms with Crippen LogP contribution in [0.15, 0.2) is 17.1 Å². The molecule has 5 nitrogen and oxygen atoms in total. The van der Waals surface area contributed by atoms with Crippen LogP contribution >= 0.6 is 11.3 Å². The minimum atomic E-state index is 0.624. The van der Waals surface area contributed by atoms with Crippen molar-refractivity contribution in [2.45, 2.75) is 19.9 Å². The molecular formula is C14H25N3O2S. The van der Waals surface area contributed by atoms with Crippen molar-refractivity contribution >= 4 is 17.3 Å². The lowest BCUT2D eigenvalue weighted by molar-refractivity contribution is 0.0733. The van der Waals surface area contributed by atoms with Gasteiger partial charge in [0.15, 0.2) is 5.96 Å². The molecule has 0 aliphatic heterocycles. The molecule has 20 heavy (non-hydrogen) atoms. The normalized spacial score (nSPS) is 11.7. The van der Waals surface area contributed by atoms with Crippen LogP contribution in [0.1, 0.15) is 16.7 Å². The molecule has 0 radical (unpaired) electrons. The van der Waals surface area contributed by atoms with E-state index in [-0.39, 0.29) is 0 Å². The van der Waals surface area contributed by atoms with Gasteiger partial charge in [-0.25, -0.2) is 0 Å². The first kappa shape index (κ1) is 16.9. The summed E-state index contributed by atoms with van der Waals surface area (Å²) in [7, 11) is 3.44. The van der Waals surface area contributed by atoms with Crippen molar-refractivity contribution in [1.29, 1.82) is 0 Å². The third-order valence-corrected chi connectivity index (χ3v) is 3.92. The minimum absolute atomic E-state index is 0.624. The first-order valence-corrected chi connectivity index (χ1v) is 7.70. The molecule has 0 unspecified atom stereocenters. The number of methoxy groups -OCH3 is 1. The highest BCUT2D eigenvalue weighted by Gasteiger charge is 2.01. The fourth-order valence-corrected chi connectivity index (χ4v) is 2.48. The van der Waals surface area contributed by atoms with Crippen LogP contribution in [0, 0.1) is 0 Å². The second-order valence-corrected chi connectivity index (χ2v) is 5.43. The number of rotatable bonds is 9. The second kappa shape index (κ2) is 10.7. The topological polar surface area (TPSA) is 54.9 Å². The molecule has 0 bridgehead atoms. The van der Waals surface area contributed by atoms with Gasteiger partial charge in [-0.15, -0.1) is 11.3 Å². The highest BCUT2D eigenvalue weighted by atomic mass is 32.1. The number of nitrogens with zero attached hydrogens (tertiary/aromatic N) is 1. The van der Waals surface area contributed by atoms with Crippen molar-refractivity contribution in [3.05, 3.63) is 21.9 Å². The summed E-state index contributed by atoms with van der Waals surface area (Å²) in [6.45, 7) is 5.60. The molecule has 0 saturated carbocycles. The molecular weight excluding hydrogens is 274 g/mol. The SMILES string of the molecule is CCc1ccc(CNC(=NC)NCCOCCOC)s1. The van der Waals surface area contributed by atoms with Crippen LogP contribution < -0.4 is 10.6 Å². The first-order chi connectivity index (χ1) is 9.80. The molecule has 0 amide bonds. The largest absolute Gasteiger partial charge is 0.382 e. The van der Waals surface area contributed by atoms with Gasteiger partial charge in [-0.3, -0.25) is 4.99 Å². The molecule has 0 atom stereocenters. The van der Waals surface area contributed by atoms with Crippen LogP contribution in [0.3, 0.4) is 0 Å². The number of thiophene rings is 1. The van der Waals surface area contributed by atoms with E-state index in [1.54, 1.807) is 14.2 Å². The van der Waals surface area contributed by atoms with Crippen LogP contribution in [0.5, 0.6) is 0 Å². The Morgan fingerprint density at radius 1 is 1.20 bits per heavy atom. The van der Waals surface area contributed by atoms with E-state index < -0.39 is 0 Å². The van der Waals surface area contributed by atoms with Crippen LogP contribution in [-0.2, 0) is 22.4 Å². The average Bonchev–Trinajstić information content (AvgIpc) is 2.94. The predicted molar refractivity (Wildman–Crippen MR) is 84.6 cm³/mol. The summed E-state index contributed by atoms with van der Waals surface area (Å²) in [6, 6.07) is 4.35. The molecule has 2 N–H and O–H groups in total. The van der Waals surface area contributed by atoms with Gasteiger partial charge in [0.2, 0.25) is 0 Å². The molecule has 1 aromatic rings. The number of hydrogen-bond acceptors (Lipinski definition) is 4. The highest BCUT2D eigenvalue weighted by Crippen LogP contribution is 2.16. The summed E-state index contributed by atoms with van der Waals surface area (Å²) in [6.07, 6.45) is 1.09. The number of guanidine groups is 1. The zero-order valence-electron chi connectivity index (χ0n) is 12.6. The van der Waals surface area contributed by atoms with E-state index in [4.69, 9.17) is 9.47 Å². The summed E-state index contributed by atoms with van der Waals surface area (Å²) in [4.78, 5) is 6.92. The minimum Gasteiger partial charge on any atom is -0.382 e. The molecule has 1 aromatic heterocycles. The van der Waals surface area contributed by atoms with Crippen molar-refractivity contribution in [1.82, 2.24) is 10.6 Å². The van der Waals surface area contributed by atoms with Crippen molar-refractivity contribution in [3.8, 4) is 0 Å². The monoisotopic (exact) mass is 299 g/mol. The molecule has 1 rings (SSSR count). The maximum absolute atomic E-state index is 5.38. The van der Waals surface area contributed by atoms with Crippen LogP contribution in [0.4, 0.5) is 0 Å². The molecule has 0 aromatic carbocycles. The Kier molecular flexibility index (Phi) is 9.02. The van der Waals surface area contributed by atoms with Crippen molar-refractivity contribution in [2.24, 2.45) is 4.99 Å². The fourth-order valence-electron chi connectivity index (χ4n) is 1.58. The lowest BCUT2D eigenvalue weighted by Crippen LogP contribution is -2.38. The predicted octanol–water partition coefficient (Wildman–Crippen LogP) is 1.64. The zero-order valence-corrected chi connectivity index (χ0v) is 13.4. The van der Waals surface area contributed by atoms with Gasteiger partial charge in [-0.1, -0.05) is 6.92 Å². The van der Waals surface area contributed by atoms with Gasteiger partial charge < -0.3 is 20.1 Å². The average molecular weight is 299 g/mol. The highest BCUT2D eigenvalue weighted by molar-refractivity contribution is 7.11. The second-order valence-electron chi connectivity index (χ2n) is 4.18. The third-order valence-electron chi connectivity index (χ3n) is 2.69. The van der Waals surface area contributed by atoms with Gasteiger partial charge in [0, 0.05) is 30.5 Å². The van der Waals surface area contributed by atoms with Crippen molar-refractivity contribution < 1.29 is 9.47 Å². The summed E-state index contributed by atoms with van der Waals surface area (Å²) in [5.74, 6) is 0.798. The van der Waals surface area contributed by atoms with E-state index in [9.17, 15) is 0 Å². The Hall–Kier alpha value is -1.11. The third kappa shape index (κ3) is 6.88. The van der Waals surface area contributed by atoms with Crippen molar-refractivity contribution in [3.63, 3.8) is 0 Å². The first-order valence-electron chi connectivity index (χ1n) is 6.89. The fraction of sp³-hybridized carbons (Fsp3) is 0.643. The molecule has 114 valence electrons. The maximum atomic E-state index is 5.38. The molecule has 6 heteroatoms. The molecule has 0 fully saturated rings. The van der Waals surface area contributed by atoms with Crippen LogP contribution in [-0.4, -0.2) is 46.5 Å². The van der Waals surface area contributed by atoms with E-state index >= 15 is 0 Å². The van der Waals surface area contributed by atoms with Crippen molar-refractivity contribution in [2.75, 3.05) is 40.5 Å². The molecule has 1 heterocycles. The van der Waals surface area contributed by atoms with Crippen LogP contribution in [0.25, 0.3) is 0 Å². The summed E-state index contributed by atoms with van der Waals surface area (Å²) in [5, 5.41) is 6.51. The quantitative estimate of drug-likeness (QED) is 0.413. The van der Waals surface area contributed by atoms with Gasteiger partial charge in [0.1, 0.15) is 0 Å².